The zero-order chi connectivity index (χ0) is 10.9. The SMILES string of the molecule is CC1CC(O)(C#CCl)C2CCCCC2N1. The lowest BCUT2D eigenvalue weighted by molar-refractivity contribution is -0.0385. The van der Waals surface area contributed by atoms with Crippen LogP contribution in [0.15, 0.2) is 0 Å². The number of nitrogens with one attached hydrogen (secondary N) is 1. The lowest BCUT2D eigenvalue weighted by atomic mass is 9.69. The van der Waals surface area contributed by atoms with Gasteiger partial charge in [-0.1, -0.05) is 18.8 Å². The molecule has 0 aromatic heterocycles. The molecule has 84 valence electrons. The van der Waals surface area contributed by atoms with Crippen molar-refractivity contribution in [1.82, 2.24) is 5.32 Å². The van der Waals surface area contributed by atoms with Crippen molar-refractivity contribution in [3.63, 3.8) is 0 Å². The molecule has 0 aromatic rings. The standard InChI is InChI=1S/C12H18ClNO/c1-9-8-12(15,6-7-13)10-4-2-3-5-11(10)14-9/h9-11,14-15H,2-5,8H2,1H3. The maximum Gasteiger partial charge on any atom is 0.132 e. The van der Waals surface area contributed by atoms with Crippen LogP contribution in [0.2, 0.25) is 0 Å². The zero-order valence-electron chi connectivity index (χ0n) is 9.09. The van der Waals surface area contributed by atoms with Crippen LogP contribution in [0.4, 0.5) is 0 Å². The summed E-state index contributed by atoms with van der Waals surface area (Å²) in [5.41, 5.74) is -0.864. The van der Waals surface area contributed by atoms with E-state index in [0.29, 0.717) is 18.5 Å². The Morgan fingerprint density at radius 1 is 1.40 bits per heavy atom. The molecule has 0 radical (unpaired) electrons. The highest BCUT2D eigenvalue weighted by atomic mass is 35.5. The summed E-state index contributed by atoms with van der Waals surface area (Å²) in [4.78, 5) is 0. The molecule has 0 bridgehead atoms. The van der Waals surface area contributed by atoms with Crippen molar-refractivity contribution in [3.8, 4) is 11.3 Å². The van der Waals surface area contributed by atoms with Crippen LogP contribution in [0.25, 0.3) is 0 Å². The summed E-state index contributed by atoms with van der Waals surface area (Å²) in [5.74, 6) is 3.08. The topological polar surface area (TPSA) is 32.3 Å². The van der Waals surface area contributed by atoms with Crippen molar-refractivity contribution in [1.29, 1.82) is 0 Å². The van der Waals surface area contributed by atoms with Gasteiger partial charge in [0.15, 0.2) is 0 Å². The van der Waals surface area contributed by atoms with Crippen LogP contribution < -0.4 is 5.32 Å². The molecular weight excluding hydrogens is 210 g/mol. The highest BCUT2D eigenvalue weighted by molar-refractivity contribution is 6.30. The summed E-state index contributed by atoms with van der Waals surface area (Å²) in [6, 6.07) is 0.747. The Bertz CT molecular complexity index is 296. The third-order valence-corrected chi connectivity index (χ3v) is 3.85. The van der Waals surface area contributed by atoms with Crippen molar-refractivity contribution in [2.24, 2.45) is 5.92 Å². The minimum Gasteiger partial charge on any atom is -0.377 e. The Labute approximate surface area is 96.4 Å². The van der Waals surface area contributed by atoms with Crippen LogP contribution in [0.1, 0.15) is 39.0 Å². The Morgan fingerprint density at radius 2 is 2.13 bits per heavy atom. The summed E-state index contributed by atoms with van der Waals surface area (Å²) in [7, 11) is 0. The summed E-state index contributed by atoms with van der Waals surface area (Å²) < 4.78 is 0. The van der Waals surface area contributed by atoms with E-state index in [0.717, 1.165) is 12.8 Å². The number of halogens is 1. The van der Waals surface area contributed by atoms with Gasteiger partial charge in [0.25, 0.3) is 0 Å². The number of hydrogen-bond donors (Lipinski definition) is 2. The molecule has 2 N–H and O–H groups in total. The molecule has 0 amide bonds. The van der Waals surface area contributed by atoms with Gasteiger partial charge in [-0.05, 0) is 31.4 Å². The van der Waals surface area contributed by atoms with E-state index in [4.69, 9.17) is 11.6 Å². The summed E-state index contributed by atoms with van der Waals surface area (Å²) in [5, 5.41) is 16.5. The highest BCUT2D eigenvalue weighted by Crippen LogP contribution is 2.39. The normalized spacial score (nSPS) is 45.1. The van der Waals surface area contributed by atoms with Crippen LogP contribution in [-0.2, 0) is 0 Å². The van der Waals surface area contributed by atoms with Crippen LogP contribution in [0, 0.1) is 17.2 Å². The van der Waals surface area contributed by atoms with Crippen LogP contribution in [0.5, 0.6) is 0 Å². The molecule has 4 atom stereocenters. The van der Waals surface area contributed by atoms with Crippen molar-refractivity contribution >= 4 is 11.6 Å². The van der Waals surface area contributed by atoms with Gasteiger partial charge in [0.05, 0.1) is 0 Å². The van der Waals surface area contributed by atoms with E-state index in [1.807, 2.05) is 0 Å². The minimum atomic E-state index is -0.864. The monoisotopic (exact) mass is 227 g/mol. The number of aliphatic hydroxyl groups is 1. The first-order valence-electron chi connectivity index (χ1n) is 5.77. The maximum atomic E-state index is 10.5. The van der Waals surface area contributed by atoms with Crippen LogP contribution in [-0.4, -0.2) is 22.8 Å². The van der Waals surface area contributed by atoms with Crippen molar-refractivity contribution < 1.29 is 5.11 Å². The van der Waals surface area contributed by atoms with E-state index in [-0.39, 0.29) is 5.92 Å². The van der Waals surface area contributed by atoms with Crippen molar-refractivity contribution in [2.45, 2.75) is 56.7 Å². The van der Waals surface area contributed by atoms with Gasteiger partial charge < -0.3 is 10.4 Å². The van der Waals surface area contributed by atoms with E-state index in [9.17, 15) is 5.11 Å². The second kappa shape index (κ2) is 4.33. The molecule has 1 aliphatic carbocycles. The van der Waals surface area contributed by atoms with Gasteiger partial charge in [-0.25, -0.2) is 0 Å². The molecule has 0 aromatic carbocycles. The van der Waals surface area contributed by atoms with Crippen LogP contribution in [0.3, 0.4) is 0 Å². The molecule has 0 spiro atoms. The van der Waals surface area contributed by atoms with Gasteiger partial charge in [0.1, 0.15) is 5.60 Å². The van der Waals surface area contributed by atoms with Gasteiger partial charge in [0.2, 0.25) is 0 Å². The Kier molecular flexibility index (Phi) is 3.25. The lowest BCUT2D eigenvalue weighted by Crippen LogP contribution is -2.59. The van der Waals surface area contributed by atoms with Gasteiger partial charge >= 0.3 is 0 Å². The zero-order valence-corrected chi connectivity index (χ0v) is 9.85. The molecule has 2 aliphatic rings. The summed E-state index contributed by atoms with van der Waals surface area (Å²) in [6.45, 7) is 2.10. The molecular formula is C12H18ClNO. The van der Waals surface area contributed by atoms with E-state index in [1.54, 1.807) is 0 Å². The van der Waals surface area contributed by atoms with Gasteiger partial charge in [-0.15, -0.1) is 0 Å². The molecule has 4 unspecified atom stereocenters. The molecule has 1 saturated heterocycles. The molecule has 15 heavy (non-hydrogen) atoms. The van der Waals surface area contributed by atoms with E-state index in [2.05, 4.69) is 23.5 Å². The number of hydrogen-bond acceptors (Lipinski definition) is 2. The average molecular weight is 228 g/mol. The van der Waals surface area contributed by atoms with E-state index >= 15 is 0 Å². The highest BCUT2D eigenvalue weighted by Gasteiger charge is 2.46. The predicted octanol–water partition coefficient (Wildman–Crippen LogP) is 1.86. The third kappa shape index (κ3) is 2.15. The van der Waals surface area contributed by atoms with Gasteiger partial charge in [-0.3, -0.25) is 0 Å². The van der Waals surface area contributed by atoms with Gasteiger partial charge in [-0.2, -0.15) is 0 Å². The number of rotatable bonds is 0. The second-order valence-corrected chi connectivity index (χ2v) is 5.10. The molecule has 2 fully saturated rings. The first-order chi connectivity index (χ1) is 7.15. The maximum absolute atomic E-state index is 10.5. The molecule has 1 heterocycles. The number of piperidine rings is 1. The first-order valence-corrected chi connectivity index (χ1v) is 6.15. The smallest absolute Gasteiger partial charge is 0.132 e. The van der Waals surface area contributed by atoms with E-state index < -0.39 is 5.60 Å². The molecule has 1 saturated carbocycles. The fourth-order valence-electron chi connectivity index (χ4n) is 3.17. The summed E-state index contributed by atoms with van der Waals surface area (Å²) in [6.07, 6.45) is 5.36. The van der Waals surface area contributed by atoms with Crippen LogP contribution >= 0.6 is 11.6 Å². The Morgan fingerprint density at radius 3 is 2.87 bits per heavy atom. The van der Waals surface area contributed by atoms with Crippen molar-refractivity contribution in [2.75, 3.05) is 0 Å². The molecule has 3 heteroatoms. The van der Waals surface area contributed by atoms with Crippen molar-refractivity contribution in [3.05, 3.63) is 0 Å². The van der Waals surface area contributed by atoms with E-state index in [1.165, 1.54) is 12.8 Å². The lowest BCUT2D eigenvalue weighted by Gasteiger charge is -2.47. The largest absolute Gasteiger partial charge is 0.377 e. The minimum absolute atomic E-state index is 0.258. The second-order valence-electron chi connectivity index (χ2n) is 4.91. The quantitative estimate of drug-likeness (QED) is 0.620. The average Bonchev–Trinajstić information content (AvgIpc) is 2.17. The molecule has 1 aliphatic heterocycles. The van der Waals surface area contributed by atoms with Gasteiger partial charge in [0, 0.05) is 29.8 Å². The number of fused-ring (bicyclic) bond motifs is 1. The Hall–Kier alpha value is -0.230. The fraction of sp³-hybridized carbons (Fsp3) is 0.833. The fourth-order valence-corrected chi connectivity index (χ4v) is 3.33. The summed E-state index contributed by atoms with van der Waals surface area (Å²) >= 11 is 5.46. The third-order valence-electron chi connectivity index (χ3n) is 3.76. The predicted molar refractivity (Wildman–Crippen MR) is 61.5 cm³/mol. The first kappa shape index (κ1) is 11.3. The molecule has 2 rings (SSSR count). The Balaban J connectivity index is 2.22. The molecule has 2 nitrogen and oxygen atoms in total.